The summed E-state index contributed by atoms with van der Waals surface area (Å²) in [6.07, 6.45) is 0. The van der Waals surface area contributed by atoms with Gasteiger partial charge in [-0.2, -0.15) is 0 Å². The Morgan fingerprint density at radius 2 is 1.67 bits per heavy atom. The van der Waals surface area contributed by atoms with Gasteiger partial charge < -0.3 is 4.74 Å². The number of ketones is 1. The molecule has 2 rings (SSSR count). The molecule has 21 heavy (non-hydrogen) atoms. The summed E-state index contributed by atoms with van der Waals surface area (Å²) in [5.41, 5.74) is 1.69. The molecule has 0 unspecified atom stereocenters. The molecule has 0 aromatic heterocycles. The second kappa shape index (κ2) is 5.68. The molecule has 0 bridgehead atoms. The minimum absolute atomic E-state index is 0.0208. The fraction of sp³-hybridized carbons (Fsp3) is 0.278. The molecular formula is C18H19FO2. The van der Waals surface area contributed by atoms with Crippen molar-refractivity contribution in [1.82, 2.24) is 0 Å². The van der Waals surface area contributed by atoms with Crippen molar-refractivity contribution in [2.24, 2.45) is 0 Å². The third-order valence-corrected chi connectivity index (χ3v) is 3.43. The minimum atomic E-state index is -0.570. The third kappa shape index (κ3) is 3.30. The summed E-state index contributed by atoms with van der Waals surface area (Å²) in [5, 5.41) is 0. The summed E-state index contributed by atoms with van der Waals surface area (Å²) in [5.74, 6) is -0.498. The average Bonchev–Trinajstić information content (AvgIpc) is 2.45. The van der Waals surface area contributed by atoms with Crippen LogP contribution in [-0.4, -0.2) is 12.9 Å². The lowest BCUT2D eigenvalue weighted by Crippen LogP contribution is -2.11. The first-order valence-electron chi connectivity index (χ1n) is 6.81. The fourth-order valence-corrected chi connectivity index (χ4v) is 2.08. The van der Waals surface area contributed by atoms with Crippen molar-refractivity contribution in [1.29, 1.82) is 0 Å². The number of hydrogen-bond donors (Lipinski definition) is 0. The normalized spacial score (nSPS) is 11.3. The van der Waals surface area contributed by atoms with Crippen molar-refractivity contribution < 1.29 is 13.9 Å². The highest BCUT2D eigenvalue weighted by Gasteiger charge is 2.17. The summed E-state index contributed by atoms with van der Waals surface area (Å²) < 4.78 is 18.9. The Bertz CT molecular complexity index is 652. The number of carbonyl (C=O) groups excluding carboxylic acids is 1. The zero-order valence-corrected chi connectivity index (χ0v) is 12.7. The van der Waals surface area contributed by atoms with E-state index in [0.29, 0.717) is 11.3 Å². The van der Waals surface area contributed by atoms with Crippen LogP contribution < -0.4 is 4.74 Å². The maximum absolute atomic E-state index is 13.9. The van der Waals surface area contributed by atoms with Gasteiger partial charge in [0.2, 0.25) is 0 Å². The molecule has 0 amide bonds. The highest BCUT2D eigenvalue weighted by molar-refractivity contribution is 6.09. The highest BCUT2D eigenvalue weighted by Crippen LogP contribution is 2.24. The topological polar surface area (TPSA) is 26.3 Å². The van der Waals surface area contributed by atoms with Gasteiger partial charge in [0.05, 0.1) is 12.7 Å². The largest absolute Gasteiger partial charge is 0.497 e. The van der Waals surface area contributed by atoms with Crippen LogP contribution in [0.2, 0.25) is 0 Å². The van der Waals surface area contributed by atoms with E-state index in [1.54, 1.807) is 18.2 Å². The van der Waals surface area contributed by atoms with Crippen LogP contribution in [0.1, 0.15) is 42.3 Å². The monoisotopic (exact) mass is 286 g/mol. The van der Waals surface area contributed by atoms with Crippen molar-refractivity contribution in [3.8, 4) is 5.75 Å². The first-order chi connectivity index (χ1) is 9.82. The molecule has 0 spiro atoms. The van der Waals surface area contributed by atoms with E-state index < -0.39 is 5.82 Å². The molecule has 0 saturated carbocycles. The zero-order valence-electron chi connectivity index (χ0n) is 12.7. The molecule has 0 aliphatic heterocycles. The van der Waals surface area contributed by atoms with Gasteiger partial charge in [-0.3, -0.25) is 4.79 Å². The minimum Gasteiger partial charge on any atom is -0.497 e. The smallest absolute Gasteiger partial charge is 0.195 e. The SMILES string of the molecule is COc1ccc(C(=O)c2ccc(C(C)(C)C)cc2)c(F)c1. The zero-order chi connectivity index (χ0) is 15.6. The molecule has 2 aromatic carbocycles. The average molecular weight is 286 g/mol. The molecule has 0 heterocycles. The summed E-state index contributed by atoms with van der Waals surface area (Å²) in [7, 11) is 1.46. The second-order valence-corrected chi connectivity index (χ2v) is 6.00. The third-order valence-electron chi connectivity index (χ3n) is 3.43. The maximum atomic E-state index is 13.9. The van der Waals surface area contributed by atoms with Crippen molar-refractivity contribution in [2.45, 2.75) is 26.2 Å². The van der Waals surface area contributed by atoms with E-state index in [0.717, 1.165) is 5.56 Å². The Hall–Kier alpha value is -2.16. The van der Waals surface area contributed by atoms with Crippen LogP contribution in [-0.2, 0) is 5.41 Å². The van der Waals surface area contributed by atoms with Gasteiger partial charge >= 0.3 is 0 Å². The number of benzene rings is 2. The van der Waals surface area contributed by atoms with Crippen LogP contribution in [0.25, 0.3) is 0 Å². The van der Waals surface area contributed by atoms with Crippen molar-refractivity contribution >= 4 is 5.78 Å². The maximum Gasteiger partial charge on any atom is 0.195 e. The molecule has 0 aliphatic rings. The Kier molecular flexibility index (Phi) is 4.12. The number of rotatable bonds is 3. The highest BCUT2D eigenvalue weighted by atomic mass is 19.1. The van der Waals surface area contributed by atoms with Crippen molar-refractivity contribution in [3.63, 3.8) is 0 Å². The van der Waals surface area contributed by atoms with Gasteiger partial charge in [-0.15, -0.1) is 0 Å². The number of halogens is 1. The lowest BCUT2D eigenvalue weighted by atomic mass is 9.86. The van der Waals surface area contributed by atoms with E-state index in [9.17, 15) is 9.18 Å². The van der Waals surface area contributed by atoms with Crippen LogP contribution in [0, 0.1) is 5.82 Å². The molecule has 2 aromatic rings. The molecule has 110 valence electrons. The van der Waals surface area contributed by atoms with E-state index >= 15 is 0 Å². The Morgan fingerprint density at radius 3 is 2.14 bits per heavy atom. The number of hydrogen-bond acceptors (Lipinski definition) is 2. The Morgan fingerprint density at radius 1 is 1.05 bits per heavy atom. The first kappa shape index (κ1) is 15.2. The summed E-state index contributed by atoms with van der Waals surface area (Å²) in [6.45, 7) is 6.31. The van der Waals surface area contributed by atoms with E-state index in [2.05, 4.69) is 20.8 Å². The van der Waals surface area contributed by atoms with Crippen LogP contribution in [0.15, 0.2) is 42.5 Å². The predicted octanol–water partition coefficient (Wildman–Crippen LogP) is 4.36. The molecule has 0 atom stereocenters. The van der Waals surface area contributed by atoms with Gasteiger partial charge in [0, 0.05) is 11.6 Å². The standard InChI is InChI=1S/C18H19FO2/c1-18(2,3)13-7-5-12(6-8-13)17(20)15-10-9-14(21-4)11-16(15)19/h5-11H,1-4H3. The number of methoxy groups -OCH3 is 1. The lowest BCUT2D eigenvalue weighted by Gasteiger charge is -2.19. The fourth-order valence-electron chi connectivity index (χ4n) is 2.08. The van der Waals surface area contributed by atoms with Gasteiger partial charge in [-0.25, -0.2) is 4.39 Å². The van der Waals surface area contributed by atoms with E-state index in [1.807, 2.05) is 12.1 Å². The van der Waals surface area contributed by atoms with Gasteiger partial charge in [-0.05, 0) is 23.1 Å². The summed E-state index contributed by atoms with van der Waals surface area (Å²) in [6, 6.07) is 11.6. The molecule has 0 aliphatic carbocycles. The van der Waals surface area contributed by atoms with Crippen molar-refractivity contribution in [3.05, 3.63) is 65.0 Å². The van der Waals surface area contributed by atoms with Gasteiger partial charge in [0.15, 0.2) is 5.78 Å². The van der Waals surface area contributed by atoms with Crippen LogP contribution in [0.4, 0.5) is 4.39 Å². The Balaban J connectivity index is 2.32. The van der Waals surface area contributed by atoms with Crippen LogP contribution >= 0.6 is 0 Å². The molecule has 0 radical (unpaired) electrons. The van der Waals surface area contributed by atoms with E-state index in [4.69, 9.17) is 4.74 Å². The molecule has 0 fully saturated rings. The van der Waals surface area contributed by atoms with Gasteiger partial charge in [0.1, 0.15) is 11.6 Å². The lowest BCUT2D eigenvalue weighted by molar-refractivity contribution is 0.103. The molecule has 0 saturated heterocycles. The number of carbonyl (C=O) groups is 1. The van der Waals surface area contributed by atoms with Gasteiger partial charge in [-0.1, -0.05) is 45.0 Å². The van der Waals surface area contributed by atoms with Crippen molar-refractivity contribution in [2.75, 3.05) is 7.11 Å². The molecule has 0 N–H and O–H groups in total. The van der Waals surface area contributed by atoms with E-state index in [-0.39, 0.29) is 16.8 Å². The summed E-state index contributed by atoms with van der Waals surface area (Å²) in [4.78, 5) is 12.3. The quantitative estimate of drug-likeness (QED) is 0.783. The number of ether oxygens (including phenoxy) is 1. The predicted molar refractivity (Wildman–Crippen MR) is 81.5 cm³/mol. The van der Waals surface area contributed by atoms with Crippen LogP contribution in [0.5, 0.6) is 5.75 Å². The molecule has 2 nitrogen and oxygen atoms in total. The Labute approximate surface area is 124 Å². The van der Waals surface area contributed by atoms with Gasteiger partial charge in [0.25, 0.3) is 0 Å². The van der Waals surface area contributed by atoms with E-state index in [1.165, 1.54) is 19.2 Å². The summed E-state index contributed by atoms with van der Waals surface area (Å²) >= 11 is 0. The second-order valence-electron chi connectivity index (χ2n) is 6.00. The van der Waals surface area contributed by atoms with Crippen LogP contribution in [0.3, 0.4) is 0 Å². The molecule has 3 heteroatoms. The molecular weight excluding hydrogens is 267 g/mol. The first-order valence-corrected chi connectivity index (χ1v) is 6.81.